The smallest absolute Gasteiger partial charge is 0.319 e. The first-order valence-corrected chi connectivity index (χ1v) is 10.7. The molecule has 2 amide bonds. The Morgan fingerprint density at radius 3 is 2.68 bits per heavy atom. The quantitative estimate of drug-likeness (QED) is 0.578. The summed E-state index contributed by atoms with van der Waals surface area (Å²) in [5.74, 6) is 0.608. The zero-order valence-electron chi connectivity index (χ0n) is 18.0. The molecule has 2 aromatic rings. The maximum atomic E-state index is 12.8. The number of carbonyl (C=O) groups excluding carboxylic acids is 2. The molecule has 0 radical (unpaired) electrons. The number of amides is 2. The number of imidazole rings is 1. The van der Waals surface area contributed by atoms with Crippen molar-refractivity contribution in [1.29, 1.82) is 0 Å². The van der Waals surface area contributed by atoms with Gasteiger partial charge in [0.1, 0.15) is 0 Å². The number of allylic oxidation sites excluding steroid dienone is 2. The van der Waals surface area contributed by atoms with Crippen LogP contribution >= 0.6 is 0 Å². The first-order chi connectivity index (χ1) is 15.0. The van der Waals surface area contributed by atoms with Crippen LogP contribution in [-0.4, -0.2) is 58.8 Å². The van der Waals surface area contributed by atoms with Crippen molar-refractivity contribution >= 4 is 23.2 Å². The lowest BCUT2D eigenvalue weighted by atomic mass is 9.85. The molecule has 1 aliphatic carbocycles. The minimum Gasteiger partial charge on any atom is -0.363 e. The van der Waals surface area contributed by atoms with Crippen LogP contribution in [0.2, 0.25) is 0 Å². The van der Waals surface area contributed by atoms with Crippen molar-refractivity contribution in [2.45, 2.75) is 38.0 Å². The highest BCUT2D eigenvalue weighted by Gasteiger charge is 2.29. The number of carbonyl (C=O) groups is 2. The van der Waals surface area contributed by atoms with E-state index in [-0.39, 0.29) is 35.8 Å². The number of Topliss-reactive ketones (excluding diaryl/α,β-unsaturated/α-hetero) is 1. The van der Waals surface area contributed by atoms with Gasteiger partial charge >= 0.3 is 6.03 Å². The van der Waals surface area contributed by atoms with Crippen LogP contribution in [0, 0.1) is 6.57 Å². The van der Waals surface area contributed by atoms with Crippen LogP contribution in [0.3, 0.4) is 0 Å². The van der Waals surface area contributed by atoms with Crippen LogP contribution in [-0.2, 0) is 6.42 Å². The van der Waals surface area contributed by atoms with Crippen LogP contribution in [0.25, 0.3) is 10.4 Å². The molecule has 4 rings (SSSR count). The van der Waals surface area contributed by atoms with Gasteiger partial charge in [-0.1, -0.05) is 30.8 Å². The minimum atomic E-state index is -0.122. The molecule has 0 saturated carbocycles. The van der Waals surface area contributed by atoms with Gasteiger partial charge in [0, 0.05) is 39.5 Å². The summed E-state index contributed by atoms with van der Waals surface area (Å²) in [7, 11) is 3.67. The molecule has 7 heteroatoms. The zero-order chi connectivity index (χ0) is 22.0. The molecule has 0 unspecified atom stereocenters. The molecule has 1 aliphatic heterocycles. The van der Waals surface area contributed by atoms with Gasteiger partial charge in [0.05, 0.1) is 6.20 Å². The van der Waals surface area contributed by atoms with Crippen molar-refractivity contribution in [3.05, 3.63) is 64.4 Å². The molecule has 0 atom stereocenters. The highest BCUT2D eigenvalue weighted by Crippen LogP contribution is 2.33. The average molecular weight is 418 g/mol. The molecule has 2 heterocycles. The Kier molecular flexibility index (Phi) is 5.90. The first kappa shape index (κ1) is 20.9. The Bertz CT molecular complexity index is 1060. The molecule has 1 saturated heterocycles. The number of hydrogen-bond acceptors (Lipinski definition) is 3. The van der Waals surface area contributed by atoms with E-state index in [1.54, 1.807) is 9.80 Å². The maximum absolute atomic E-state index is 12.8. The molecule has 31 heavy (non-hydrogen) atoms. The van der Waals surface area contributed by atoms with Crippen molar-refractivity contribution in [3.8, 4) is 0 Å². The van der Waals surface area contributed by atoms with Gasteiger partial charge in [0.2, 0.25) is 17.4 Å². The number of hydrogen-bond donors (Lipinski definition) is 1. The second kappa shape index (κ2) is 8.76. The Hall–Kier alpha value is -3.40. The molecule has 0 spiro atoms. The lowest BCUT2D eigenvalue weighted by Crippen LogP contribution is -2.48. The average Bonchev–Trinajstić information content (AvgIpc) is 3.27. The highest BCUT2D eigenvalue weighted by molar-refractivity contribution is 5.95. The number of urea groups is 1. The fourth-order valence-corrected chi connectivity index (χ4v) is 4.53. The van der Waals surface area contributed by atoms with Gasteiger partial charge in [-0.25, -0.2) is 9.78 Å². The Balaban J connectivity index is 1.65. The molecule has 1 fully saturated rings. The highest BCUT2D eigenvalue weighted by atomic mass is 16.2. The van der Waals surface area contributed by atoms with Crippen molar-refractivity contribution in [2.75, 3.05) is 27.2 Å². The number of nitrogens with zero attached hydrogens (tertiary/aromatic N) is 4. The Labute approximate surface area is 182 Å². The predicted octanol–water partition coefficient (Wildman–Crippen LogP) is 4.42. The summed E-state index contributed by atoms with van der Waals surface area (Å²) in [4.78, 5) is 38.6. The molecule has 160 valence electrons. The van der Waals surface area contributed by atoms with Gasteiger partial charge in [-0.2, -0.15) is 0 Å². The molecule has 7 nitrogen and oxygen atoms in total. The van der Waals surface area contributed by atoms with E-state index in [9.17, 15) is 9.59 Å². The lowest BCUT2D eigenvalue weighted by molar-refractivity contribution is 0.0984. The van der Waals surface area contributed by atoms with Gasteiger partial charge < -0.3 is 14.6 Å². The first-order valence-electron chi connectivity index (χ1n) is 10.7. The molecule has 0 bridgehead atoms. The monoisotopic (exact) mass is 417 g/mol. The Morgan fingerprint density at radius 1 is 1.26 bits per heavy atom. The van der Waals surface area contributed by atoms with Gasteiger partial charge in [0.25, 0.3) is 0 Å². The van der Waals surface area contributed by atoms with E-state index in [0.29, 0.717) is 13.1 Å². The van der Waals surface area contributed by atoms with Crippen molar-refractivity contribution in [1.82, 2.24) is 19.8 Å². The van der Waals surface area contributed by atoms with E-state index in [0.717, 1.165) is 30.4 Å². The topological polar surface area (TPSA) is 73.7 Å². The summed E-state index contributed by atoms with van der Waals surface area (Å²) in [6.45, 7) is 8.43. The second-order valence-corrected chi connectivity index (χ2v) is 8.46. The van der Waals surface area contributed by atoms with E-state index in [1.807, 2.05) is 20.2 Å². The number of aromatic amines is 1. The van der Waals surface area contributed by atoms with Crippen LogP contribution in [0.1, 0.15) is 58.9 Å². The summed E-state index contributed by atoms with van der Waals surface area (Å²) < 4.78 is 0. The molecule has 1 aromatic heterocycles. The third kappa shape index (κ3) is 4.38. The van der Waals surface area contributed by atoms with Crippen molar-refractivity contribution in [3.63, 3.8) is 0 Å². The number of aromatic nitrogens is 2. The molecule has 1 aromatic carbocycles. The third-order valence-electron chi connectivity index (χ3n) is 6.18. The minimum absolute atomic E-state index is 0.0471. The number of benzene rings is 1. The summed E-state index contributed by atoms with van der Waals surface area (Å²) in [5.41, 5.74) is 4.60. The second-order valence-electron chi connectivity index (χ2n) is 8.46. The number of H-pyrrole nitrogens is 1. The van der Waals surface area contributed by atoms with Crippen LogP contribution < -0.4 is 0 Å². The van der Waals surface area contributed by atoms with Gasteiger partial charge in [-0.3, -0.25) is 9.78 Å². The number of likely N-dealkylation sites (N-methyl/N-ethyl adjacent to an activating group) is 2. The summed E-state index contributed by atoms with van der Waals surface area (Å²) in [6.07, 6.45) is 8.34. The van der Waals surface area contributed by atoms with Gasteiger partial charge in [-0.15, -0.1) is 0 Å². The lowest BCUT2D eigenvalue weighted by Gasteiger charge is -2.36. The SMILES string of the molecule is [C-]#[N+]c1cnc(C(=O)Cc2ccc(C3CN(C)C(=O)N(C)C3)cc2C2=CCCCC2)[nH]1. The van der Waals surface area contributed by atoms with Crippen molar-refractivity contribution in [2.24, 2.45) is 0 Å². The zero-order valence-corrected chi connectivity index (χ0v) is 18.0. The summed E-state index contributed by atoms with van der Waals surface area (Å²) in [6, 6.07) is 6.40. The Morgan fingerprint density at radius 2 is 2.03 bits per heavy atom. The van der Waals surface area contributed by atoms with E-state index in [4.69, 9.17) is 6.57 Å². The van der Waals surface area contributed by atoms with E-state index in [2.05, 4.69) is 33.0 Å². The number of rotatable bonds is 5. The van der Waals surface area contributed by atoms with Crippen LogP contribution in [0.4, 0.5) is 10.6 Å². The fourth-order valence-electron chi connectivity index (χ4n) is 4.53. The fraction of sp³-hybridized carbons (Fsp3) is 0.417. The summed E-state index contributed by atoms with van der Waals surface area (Å²) >= 11 is 0. The van der Waals surface area contributed by atoms with Crippen LogP contribution in [0.5, 0.6) is 0 Å². The summed E-state index contributed by atoms with van der Waals surface area (Å²) in [5, 5.41) is 0. The van der Waals surface area contributed by atoms with E-state index < -0.39 is 0 Å². The number of nitrogens with one attached hydrogen (secondary N) is 1. The molecular formula is C24H27N5O2. The largest absolute Gasteiger partial charge is 0.363 e. The van der Waals surface area contributed by atoms with E-state index in [1.165, 1.54) is 23.8 Å². The normalized spacial score (nSPS) is 17.5. The maximum Gasteiger partial charge on any atom is 0.319 e. The molecular weight excluding hydrogens is 390 g/mol. The van der Waals surface area contributed by atoms with E-state index >= 15 is 0 Å². The predicted molar refractivity (Wildman–Crippen MR) is 119 cm³/mol. The van der Waals surface area contributed by atoms with Crippen LogP contribution in [0.15, 0.2) is 30.5 Å². The third-order valence-corrected chi connectivity index (χ3v) is 6.18. The number of ketones is 1. The molecule has 1 N–H and O–H groups in total. The standard InChI is InChI=1S/C24H27N5O2/c1-25-22-13-26-23(27-22)21(30)12-18-10-9-17(11-20(18)16-7-5-4-6-8-16)19-14-28(2)24(31)29(3)15-19/h7,9-11,13,19H,4-6,8,12,14-15H2,2-3H3,(H,26,27). The van der Waals surface area contributed by atoms with Crippen molar-refractivity contribution < 1.29 is 9.59 Å². The van der Waals surface area contributed by atoms with Gasteiger partial charge in [-0.05, 0) is 47.9 Å². The molecule has 2 aliphatic rings. The van der Waals surface area contributed by atoms with Gasteiger partial charge in [0.15, 0.2) is 0 Å².